The molecule has 0 aromatic carbocycles. The number of carbonyl (C=O) groups excluding carboxylic acids is 1. The van der Waals surface area contributed by atoms with Crippen molar-refractivity contribution in [2.75, 3.05) is 5.88 Å². The molecule has 0 atom stereocenters. The number of ketones is 1. The predicted octanol–water partition coefficient (Wildman–Crippen LogP) is 13.7. The van der Waals surface area contributed by atoms with Gasteiger partial charge in [0.15, 0.2) is 0 Å². The number of hydrogen-bond acceptors (Lipinski definition) is 1. The molecule has 0 unspecified atom stereocenters. The van der Waals surface area contributed by atoms with Gasteiger partial charge in [-0.05, 0) is 19.3 Å². The minimum atomic E-state index is 0.523. The van der Waals surface area contributed by atoms with Crippen LogP contribution in [-0.2, 0) is 4.79 Å². The van der Waals surface area contributed by atoms with E-state index in [-0.39, 0.29) is 0 Å². The molecule has 0 amide bonds. The molecular weight excluding hydrogens is 484 g/mol. The van der Waals surface area contributed by atoms with E-state index in [1.165, 1.54) is 186 Å². The average molecular weight is 555 g/mol. The lowest BCUT2D eigenvalue weighted by molar-refractivity contribution is -0.119. The van der Waals surface area contributed by atoms with Crippen LogP contribution in [0.1, 0.15) is 219 Å². The van der Waals surface area contributed by atoms with Crippen LogP contribution in [0, 0.1) is 0 Å². The number of rotatable bonds is 34. The maximum Gasteiger partial charge on any atom is 0.132 e. The van der Waals surface area contributed by atoms with E-state index >= 15 is 0 Å². The molecule has 0 aliphatic rings. The molecule has 0 saturated heterocycles. The molecule has 0 fully saturated rings. The summed E-state index contributed by atoms with van der Waals surface area (Å²) in [6, 6.07) is 0. The Bertz CT molecular complexity index is 435. The fourth-order valence-corrected chi connectivity index (χ4v) is 5.90. The van der Waals surface area contributed by atoms with Gasteiger partial charge in [0, 0.05) is 18.7 Å². The second-order valence-corrected chi connectivity index (χ2v) is 12.7. The molecule has 38 heavy (non-hydrogen) atoms. The quantitative estimate of drug-likeness (QED) is 0.0570. The number of halogens is 1. The first-order valence-corrected chi connectivity index (χ1v) is 18.4. The summed E-state index contributed by atoms with van der Waals surface area (Å²) in [6.07, 6.45) is 44.3. The van der Waals surface area contributed by atoms with E-state index in [0.717, 1.165) is 31.6 Å². The summed E-state index contributed by atoms with van der Waals surface area (Å²) < 4.78 is 0. The lowest BCUT2D eigenvalue weighted by Gasteiger charge is -2.04. The number of hydrogen-bond donors (Lipinski definition) is 0. The van der Waals surface area contributed by atoms with Gasteiger partial charge in [0.2, 0.25) is 0 Å². The Labute approximate surface area is 246 Å². The van der Waals surface area contributed by atoms with E-state index < -0.39 is 0 Å². The smallest absolute Gasteiger partial charge is 0.132 e. The van der Waals surface area contributed by atoms with Crippen molar-refractivity contribution in [3.05, 3.63) is 0 Å². The van der Waals surface area contributed by atoms with Crippen molar-refractivity contribution < 1.29 is 4.79 Å². The molecular formula is C36H71ClO. The Morgan fingerprint density at radius 1 is 0.342 bits per heavy atom. The molecule has 1 nitrogen and oxygen atoms in total. The lowest BCUT2D eigenvalue weighted by atomic mass is 10.0. The van der Waals surface area contributed by atoms with Crippen LogP contribution in [0.2, 0.25) is 0 Å². The van der Waals surface area contributed by atoms with Gasteiger partial charge in [0.1, 0.15) is 5.78 Å². The van der Waals surface area contributed by atoms with Crippen LogP contribution in [0.15, 0.2) is 0 Å². The van der Waals surface area contributed by atoms with Gasteiger partial charge in [0.05, 0.1) is 0 Å². The van der Waals surface area contributed by atoms with Crippen molar-refractivity contribution in [1.82, 2.24) is 0 Å². The Morgan fingerprint density at radius 3 is 0.789 bits per heavy atom. The highest BCUT2D eigenvalue weighted by Gasteiger charge is 2.02. The summed E-state index contributed by atoms with van der Waals surface area (Å²) >= 11 is 5.72. The minimum Gasteiger partial charge on any atom is -0.300 e. The molecule has 0 heterocycles. The molecule has 0 aliphatic carbocycles. The third-order valence-corrected chi connectivity index (χ3v) is 8.67. The number of alkyl halides is 1. The molecule has 0 bridgehead atoms. The molecule has 0 N–H and O–H groups in total. The van der Waals surface area contributed by atoms with Crippen LogP contribution in [0.4, 0.5) is 0 Å². The fraction of sp³-hybridized carbons (Fsp3) is 0.972. The molecule has 0 spiro atoms. The van der Waals surface area contributed by atoms with E-state index in [0.29, 0.717) is 5.78 Å². The zero-order chi connectivity index (χ0) is 27.6. The molecule has 0 saturated carbocycles. The van der Waals surface area contributed by atoms with Gasteiger partial charge in [-0.15, -0.1) is 11.6 Å². The van der Waals surface area contributed by atoms with Crippen molar-refractivity contribution in [1.29, 1.82) is 0 Å². The molecule has 0 rings (SSSR count). The third kappa shape index (κ3) is 34.0. The number of carbonyl (C=O) groups is 1. The summed E-state index contributed by atoms with van der Waals surface area (Å²) in [5.74, 6) is 1.36. The maximum atomic E-state index is 12.1. The van der Waals surface area contributed by atoms with Gasteiger partial charge in [-0.1, -0.05) is 187 Å². The van der Waals surface area contributed by atoms with Crippen LogP contribution in [0.25, 0.3) is 0 Å². The van der Waals surface area contributed by atoms with Gasteiger partial charge in [-0.2, -0.15) is 0 Å². The Balaban J connectivity index is 3.14. The maximum absolute atomic E-state index is 12.1. The Hall–Kier alpha value is -0.0400. The Kier molecular flexibility index (Phi) is 35.0. The summed E-state index contributed by atoms with van der Waals surface area (Å²) in [6.45, 7) is 2.29. The molecule has 0 aromatic heterocycles. The fourth-order valence-electron chi connectivity index (χ4n) is 5.71. The zero-order valence-electron chi connectivity index (χ0n) is 26.3. The van der Waals surface area contributed by atoms with Gasteiger partial charge >= 0.3 is 0 Å². The van der Waals surface area contributed by atoms with Crippen LogP contribution in [0.5, 0.6) is 0 Å². The van der Waals surface area contributed by atoms with Crippen LogP contribution in [-0.4, -0.2) is 11.7 Å². The van der Waals surface area contributed by atoms with Gasteiger partial charge in [-0.3, -0.25) is 4.79 Å². The first-order valence-electron chi connectivity index (χ1n) is 17.9. The second-order valence-electron chi connectivity index (χ2n) is 12.3. The summed E-state index contributed by atoms with van der Waals surface area (Å²) in [5.41, 5.74) is 0. The first-order chi connectivity index (χ1) is 18.8. The summed E-state index contributed by atoms with van der Waals surface area (Å²) in [4.78, 5) is 12.1. The van der Waals surface area contributed by atoms with Gasteiger partial charge < -0.3 is 0 Å². The number of unbranched alkanes of at least 4 members (excludes halogenated alkanes) is 29. The predicted molar refractivity (Wildman–Crippen MR) is 174 cm³/mol. The largest absolute Gasteiger partial charge is 0.300 e. The highest BCUT2D eigenvalue weighted by molar-refractivity contribution is 6.17. The van der Waals surface area contributed by atoms with Gasteiger partial charge in [-0.25, -0.2) is 0 Å². The first kappa shape index (κ1) is 38.0. The molecule has 228 valence electrons. The molecule has 0 radical (unpaired) electrons. The second kappa shape index (κ2) is 35.0. The van der Waals surface area contributed by atoms with E-state index in [2.05, 4.69) is 6.92 Å². The average Bonchev–Trinajstić information content (AvgIpc) is 2.92. The highest BCUT2D eigenvalue weighted by Crippen LogP contribution is 2.16. The monoisotopic (exact) mass is 555 g/mol. The molecule has 0 aromatic rings. The van der Waals surface area contributed by atoms with Gasteiger partial charge in [0.25, 0.3) is 0 Å². The zero-order valence-corrected chi connectivity index (χ0v) is 27.1. The molecule has 0 aliphatic heterocycles. The van der Waals surface area contributed by atoms with Crippen molar-refractivity contribution in [3.8, 4) is 0 Å². The van der Waals surface area contributed by atoms with E-state index in [1.54, 1.807) is 0 Å². The van der Waals surface area contributed by atoms with Crippen molar-refractivity contribution >= 4 is 17.4 Å². The third-order valence-electron chi connectivity index (χ3n) is 8.40. The molecule has 2 heteroatoms. The normalized spacial score (nSPS) is 11.4. The SMILES string of the molecule is CCCCCCCCCCCCCCCCCC(=O)CCCCCCCCCCCCCCCCCCCl. The highest BCUT2D eigenvalue weighted by atomic mass is 35.5. The standard InChI is InChI=1S/C36H71ClO/c1-2-3-4-5-6-7-8-9-12-15-18-21-24-27-30-33-36(38)34-31-28-25-22-19-16-13-10-11-14-17-20-23-26-29-32-35-37/h2-35H2,1H3. The minimum absolute atomic E-state index is 0.523. The Morgan fingerprint density at radius 2 is 0.553 bits per heavy atom. The lowest BCUT2D eigenvalue weighted by Crippen LogP contribution is -1.97. The number of Topliss-reactive ketones (excluding diaryl/α,β-unsaturated/α-hetero) is 1. The summed E-state index contributed by atoms with van der Waals surface area (Å²) in [7, 11) is 0. The van der Waals surface area contributed by atoms with Crippen LogP contribution in [0.3, 0.4) is 0 Å². The van der Waals surface area contributed by atoms with Crippen molar-refractivity contribution in [3.63, 3.8) is 0 Å². The van der Waals surface area contributed by atoms with Crippen molar-refractivity contribution in [2.24, 2.45) is 0 Å². The van der Waals surface area contributed by atoms with Crippen LogP contribution >= 0.6 is 11.6 Å². The summed E-state index contributed by atoms with van der Waals surface area (Å²) in [5, 5.41) is 0. The van der Waals surface area contributed by atoms with E-state index in [4.69, 9.17) is 11.6 Å². The van der Waals surface area contributed by atoms with E-state index in [9.17, 15) is 4.79 Å². The van der Waals surface area contributed by atoms with Crippen molar-refractivity contribution in [2.45, 2.75) is 219 Å². The van der Waals surface area contributed by atoms with E-state index in [1.807, 2.05) is 0 Å². The topological polar surface area (TPSA) is 17.1 Å². The van der Waals surface area contributed by atoms with Crippen LogP contribution < -0.4 is 0 Å².